The first kappa shape index (κ1) is 18.5. The van der Waals surface area contributed by atoms with E-state index in [0.29, 0.717) is 11.3 Å². The number of hydrogen-bond acceptors (Lipinski definition) is 4. The summed E-state index contributed by atoms with van der Waals surface area (Å²) in [5.41, 5.74) is 2.75. The number of carbonyl (C=O) groups is 2. The largest absolute Gasteiger partial charge is 0.465 e. The molecule has 0 saturated heterocycles. The maximum absolute atomic E-state index is 12.3. The predicted octanol–water partition coefficient (Wildman–Crippen LogP) is 3.82. The van der Waals surface area contributed by atoms with Crippen LogP contribution < -0.4 is 10.6 Å². The molecule has 0 spiro atoms. The van der Waals surface area contributed by atoms with Crippen molar-refractivity contribution >= 4 is 23.3 Å². The first-order valence-corrected chi connectivity index (χ1v) is 8.13. The average molecular weight is 340 g/mol. The van der Waals surface area contributed by atoms with Crippen molar-refractivity contribution in [2.45, 2.75) is 26.2 Å². The van der Waals surface area contributed by atoms with Crippen molar-refractivity contribution < 1.29 is 14.3 Å². The lowest BCUT2D eigenvalue weighted by Gasteiger charge is -2.23. The highest BCUT2D eigenvalue weighted by molar-refractivity contribution is 5.98. The molecule has 0 heterocycles. The number of carbonyl (C=O) groups excluding carboxylic acids is 2. The molecular weight excluding hydrogens is 316 g/mol. The summed E-state index contributed by atoms with van der Waals surface area (Å²) in [4.78, 5) is 24.1. The number of ether oxygens (including phenoxy) is 1. The molecule has 25 heavy (non-hydrogen) atoms. The Labute approximate surface area is 148 Å². The zero-order valence-corrected chi connectivity index (χ0v) is 15.1. The maximum atomic E-state index is 12.3. The van der Waals surface area contributed by atoms with Crippen LogP contribution in [0.25, 0.3) is 0 Å². The van der Waals surface area contributed by atoms with E-state index in [1.54, 1.807) is 24.3 Å². The second-order valence-corrected chi connectivity index (χ2v) is 6.73. The van der Waals surface area contributed by atoms with Crippen LogP contribution >= 0.6 is 0 Å². The highest BCUT2D eigenvalue weighted by Crippen LogP contribution is 2.29. The minimum atomic E-state index is -0.443. The van der Waals surface area contributed by atoms with Crippen molar-refractivity contribution in [3.63, 3.8) is 0 Å². The smallest absolute Gasteiger partial charge is 0.339 e. The third-order valence-corrected chi connectivity index (χ3v) is 3.78. The molecule has 0 aliphatic carbocycles. The molecule has 5 nitrogen and oxygen atoms in total. The minimum absolute atomic E-state index is 0.0481. The molecule has 5 heteroatoms. The number of nitrogens with one attached hydrogen (secondary N) is 2. The highest BCUT2D eigenvalue weighted by atomic mass is 16.5. The lowest BCUT2D eigenvalue weighted by molar-refractivity contribution is -0.114. The van der Waals surface area contributed by atoms with Crippen LogP contribution in [0.15, 0.2) is 48.5 Å². The van der Waals surface area contributed by atoms with Crippen molar-refractivity contribution in [3.05, 3.63) is 59.7 Å². The van der Waals surface area contributed by atoms with Gasteiger partial charge in [-0.2, -0.15) is 0 Å². The SMILES string of the molecule is COC(=O)c1ccccc1NCC(=O)Nc1ccccc1C(C)(C)C. The quantitative estimate of drug-likeness (QED) is 0.812. The lowest BCUT2D eigenvalue weighted by Crippen LogP contribution is -2.25. The lowest BCUT2D eigenvalue weighted by atomic mass is 9.86. The first-order valence-electron chi connectivity index (χ1n) is 8.13. The van der Waals surface area contributed by atoms with Gasteiger partial charge in [0.2, 0.25) is 5.91 Å². The number of benzene rings is 2. The Morgan fingerprint density at radius 2 is 1.56 bits per heavy atom. The Balaban J connectivity index is 2.07. The second-order valence-electron chi connectivity index (χ2n) is 6.73. The predicted molar refractivity (Wildman–Crippen MR) is 100 cm³/mol. The van der Waals surface area contributed by atoms with Crippen molar-refractivity contribution in [2.75, 3.05) is 24.3 Å². The van der Waals surface area contributed by atoms with Gasteiger partial charge in [-0.3, -0.25) is 4.79 Å². The summed E-state index contributed by atoms with van der Waals surface area (Å²) < 4.78 is 4.75. The molecule has 0 aromatic heterocycles. The van der Waals surface area contributed by atoms with Crippen molar-refractivity contribution in [1.82, 2.24) is 0 Å². The number of esters is 1. The molecule has 0 fully saturated rings. The molecule has 0 aliphatic rings. The van der Waals surface area contributed by atoms with Gasteiger partial charge in [-0.25, -0.2) is 4.79 Å². The Morgan fingerprint density at radius 3 is 2.20 bits per heavy atom. The first-order chi connectivity index (χ1) is 11.8. The monoisotopic (exact) mass is 340 g/mol. The van der Waals surface area contributed by atoms with Gasteiger partial charge < -0.3 is 15.4 Å². The van der Waals surface area contributed by atoms with Crippen LogP contribution in [0.2, 0.25) is 0 Å². The van der Waals surface area contributed by atoms with Gasteiger partial charge in [0.05, 0.1) is 19.2 Å². The summed E-state index contributed by atoms with van der Waals surface area (Å²) in [5.74, 6) is -0.627. The second kappa shape index (κ2) is 7.83. The average Bonchev–Trinajstić information content (AvgIpc) is 2.59. The summed E-state index contributed by atoms with van der Waals surface area (Å²) in [6.07, 6.45) is 0. The molecule has 0 radical (unpaired) electrons. The van der Waals surface area contributed by atoms with Crippen LogP contribution in [-0.4, -0.2) is 25.5 Å². The Morgan fingerprint density at radius 1 is 0.960 bits per heavy atom. The van der Waals surface area contributed by atoms with E-state index in [0.717, 1.165) is 11.3 Å². The normalized spacial score (nSPS) is 10.9. The third kappa shape index (κ3) is 4.83. The number of rotatable bonds is 5. The molecule has 0 unspecified atom stereocenters. The van der Waals surface area contributed by atoms with E-state index in [4.69, 9.17) is 4.74 Å². The van der Waals surface area contributed by atoms with Gasteiger partial charge in [0.15, 0.2) is 0 Å². The fraction of sp³-hybridized carbons (Fsp3) is 0.300. The van der Waals surface area contributed by atoms with Gasteiger partial charge in [0, 0.05) is 11.4 Å². The van der Waals surface area contributed by atoms with Crippen LogP contribution in [0.5, 0.6) is 0 Å². The van der Waals surface area contributed by atoms with Crippen molar-refractivity contribution in [3.8, 4) is 0 Å². The summed E-state index contributed by atoms with van der Waals surface area (Å²) in [6.45, 7) is 6.35. The molecule has 2 aromatic rings. The van der Waals surface area contributed by atoms with Crippen LogP contribution in [0.3, 0.4) is 0 Å². The molecule has 0 bridgehead atoms. The standard InChI is InChI=1S/C20H24N2O3/c1-20(2,3)15-10-6-8-12-17(15)22-18(23)13-21-16-11-7-5-9-14(16)19(24)25-4/h5-12,21H,13H2,1-4H3,(H,22,23). The number of hydrogen-bond donors (Lipinski definition) is 2. The molecule has 0 aliphatic heterocycles. The van der Waals surface area contributed by atoms with E-state index in [1.807, 2.05) is 24.3 Å². The number of para-hydroxylation sites is 2. The molecule has 2 rings (SSSR count). The summed E-state index contributed by atoms with van der Waals surface area (Å²) in [6, 6.07) is 14.7. The highest BCUT2D eigenvalue weighted by Gasteiger charge is 2.18. The molecular formula is C20H24N2O3. The summed E-state index contributed by atoms with van der Waals surface area (Å²) in [5, 5.41) is 5.93. The van der Waals surface area contributed by atoms with E-state index in [1.165, 1.54) is 7.11 Å². The number of methoxy groups -OCH3 is 1. The molecule has 1 amide bonds. The van der Waals surface area contributed by atoms with E-state index in [-0.39, 0.29) is 17.9 Å². The molecule has 132 valence electrons. The Bertz CT molecular complexity index is 764. The third-order valence-electron chi connectivity index (χ3n) is 3.78. The van der Waals surface area contributed by atoms with Gasteiger partial charge in [-0.05, 0) is 29.2 Å². The van der Waals surface area contributed by atoms with Crippen molar-refractivity contribution in [1.29, 1.82) is 0 Å². The molecule has 0 saturated carbocycles. The molecule has 0 atom stereocenters. The van der Waals surface area contributed by atoms with Gasteiger partial charge in [0.25, 0.3) is 0 Å². The number of amides is 1. The van der Waals surface area contributed by atoms with E-state index >= 15 is 0 Å². The topological polar surface area (TPSA) is 67.4 Å². The van der Waals surface area contributed by atoms with Gasteiger partial charge >= 0.3 is 5.97 Å². The minimum Gasteiger partial charge on any atom is -0.465 e. The fourth-order valence-corrected chi connectivity index (χ4v) is 2.54. The Kier molecular flexibility index (Phi) is 5.80. The zero-order chi connectivity index (χ0) is 18.4. The van der Waals surface area contributed by atoms with E-state index < -0.39 is 5.97 Å². The van der Waals surface area contributed by atoms with E-state index in [9.17, 15) is 9.59 Å². The van der Waals surface area contributed by atoms with Gasteiger partial charge in [-0.15, -0.1) is 0 Å². The van der Waals surface area contributed by atoms with Crippen LogP contribution in [0.1, 0.15) is 36.7 Å². The number of anilines is 2. The van der Waals surface area contributed by atoms with Gasteiger partial charge in [-0.1, -0.05) is 51.1 Å². The summed E-state index contributed by atoms with van der Waals surface area (Å²) >= 11 is 0. The van der Waals surface area contributed by atoms with E-state index in [2.05, 4.69) is 31.4 Å². The van der Waals surface area contributed by atoms with Crippen LogP contribution in [-0.2, 0) is 14.9 Å². The fourth-order valence-electron chi connectivity index (χ4n) is 2.54. The molecule has 2 aromatic carbocycles. The zero-order valence-electron chi connectivity index (χ0n) is 15.1. The van der Waals surface area contributed by atoms with Crippen molar-refractivity contribution in [2.24, 2.45) is 0 Å². The van der Waals surface area contributed by atoms with Crippen LogP contribution in [0.4, 0.5) is 11.4 Å². The maximum Gasteiger partial charge on any atom is 0.339 e. The van der Waals surface area contributed by atoms with Crippen LogP contribution in [0, 0.1) is 0 Å². The molecule has 2 N–H and O–H groups in total. The van der Waals surface area contributed by atoms with Gasteiger partial charge in [0.1, 0.15) is 0 Å². The Hall–Kier alpha value is -2.82. The summed E-state index contributed by atoms with van der Waals surface area (Å²) in [7, 11) is 1.33.